The van der Waals surface area contributed by atoms with Gasteiger partial charge in [-0.25, -0.2) is 0 Å². The van der Waals surface area contributed by atoms with Crippen molar-refractivity contribution in [2.45, 2.75) is 25.6 Å². The average molecular weight is 269 g/mol. The van der Waals surface area contributed by atoms with Crippen molar-refractivity contribution in [1.82, 2.24) is 0 Å². The molecule has 1 aliphatic heterocycles. The van der Waals surface area contributed by atoms with Gasteiger partial charge < -0.3 is 9.31 Å². The van der Waals surface area contributed by atoms with Crippen LogP contribution in [-0.4, -0.2) is 19.3 Å². The van der Waals surface area contributed by atoms with Gasteiger partial charge >= 0.3 is 13.3 Å². The van der Waals surface area contributed by atoms with Crippen molar-refractivity contribution in [2.75, 3.05) is 6.61 Å². The van der Waals surface area contributed by atoms with Gasteiger partial charge in [0.2, 0.25) is 0 Å². The van der Waals surface area contributed by atoms with E-state index in [4.69, 9.17) is 14.6 Å². The summed E-state index contributed by atoms with van der Waals surface area (Å²) in [7, 11) is -0.938. The van der Waals surface area contributed by atoms with E-state index < -0.39 is 24.5 Å². The summed E-state index contributed by atoms with van der Waals surface area (Å²) >= 11 is 0. The first kappa shape index (κ1) is 13.9. The van der Waals surface area contributed by atoms with E-state index in [2.05, 4.69) is 0 Å². The van der Waals surface area contributed by atoms with E-state index in [0.717, 1.165) is 18.2 Å². The van der Waals surface area contributed by atoms with Crippen LogP contribution in [0.4, 0.5) is 13.2 Å². The Morgan fingerprint density at radius 3 is 2.53 bits per heavy atom. The molecule has 1 fully saturated rings. The van der Waals surface area contributed by atoms with E-state index in [9.17, 15) is 13.2 Å². The van der Waals surface area contributed by atoms with Crippen molar-refractivity contribution in [2.24, 2.45) is 0 Å². The lowest BCUT2D eigenvalue weighted by atomic mass is 9.75. The Balaban J connectivity index is 2.41. The molecule has 0 radical (unpaired) electrons. The van der Waals surface area contributed by atoms with Crippen LogP contribution in [0.15, 0.2) is 18.2 Å². The number of nitrogens with zero attached hydrogens (tertiary/aromatic N) is 1. The standard InChI is InChI=1S/C12H11BF3NO2/c1-11(2)7-18-13(19-11)10-5-9(12(14,15)16)4-3-8(10)6-17/h3-5H,7H2,1-2H3. The Kier molecular flexibility index (Phi) is 3.33. The van der Waals surface area contributed by atoms with Crippen LogP contribution in [0, 0.1) is 11.3 Å². The van der Waals surface area contributed by atoms with Crippen molar-refractivity contribution < 1.29 is 22.5 Å². The first-order valence-corrected chi connectivity index (χ1v) is 5.64. The first-order chi connectivity index (χ1) is 8.73. The number of nitriles is 1. The molecule has 0 unspecified atom stereocenters. The summed E-state index contributed by atoms with van der Waals surface area (Å²) in [4.78, 5) is 0. The summed E-state index contributed by atoms with van der Waals surface area (Å²) < 4.78 is 48.9. The molecule has 7 heteroatoms. The quantitative estimate of drug-likeness (QED) is 0.733. The van der Waals surface area contributed by atoms with E-state index in [-0.39, 0.29) is 17.6 Å². The smallest absolute Gasteiger partial charge is 0.404 e. The molecule has 1 aromatic carbocycles. The zero-order chi connectivity index (χ0) is 14.3. The van der Waals surface area contributed by atoms with E-state index in [1.54, 1.807) is 13.8 Å². The van der Waals surface area contributed by atoms with Gasteiger partial charge in [-0.15, -0.1) is 0 Å². The van der Waals surface area contributed by atoms with Crippen LogP contribution in [0.2, 0.25) is 0 Å². The Bertz CT molecular complexity index is 537. The molecule has 1 heterocycles. The van der Waals surface area contributed by atoms with Crippen molar-refractivity contribution in [3.63, 3.8) is 0 Å². The summed E-state index contributed by atoms with van der Waals surface area (Å²) in [6.45, 7) is 3.80. The fraction of sp³-hybridized carbons (Fsp3) is 0.417. The predicted octanol–water partition coefficient (Wildman–Crippen LogP) is 2.10. The van der Waals surface area contributed by atoms with Gasteiger partial charge in [-0.1, -0.05) is 0 Å². The van der Waals surface area contributed by atoms with Crippen molar-refractivity contribution in [1.29, 1.82) is 5.26 Å². The van der Waals surface area contributed by atoms with Crippen molar-refractivity contribution in [3.8, 4) is 6.07 Å². The lowest BCUT2D eigenvalue weighted by Crippen LogP contribution is -2.37. The molecule has 0 amide bonds. The zero-order valence-corrected chi connectivity index (χ0v) is 10.4. The molecular weight excluding hydrogens is 258 g/mol. The molecule has 0 saturated carbocycles. The third-order valence-corrected chi connectivity index (χ3v) is 2.76. The minimum Gasteiger partial charge on any atom is -0.404 e. The maximum atomic E-state index is 12.7. The third-order valence-electron chi connectivity index (χ3n) is 2.76. The highest BCUT2D eigenvalue weighted by molar-refractivity contribution is 6.62. The van der Waals surface area contributed by atoms with Gasteiger partial charge in [0.05, 0.1) is 29.4 Å². The number of alkyl halides is 3. The van der Waals surface area contributed by atoms with Crippen LogP contribution >= 0.6 is 0 Å². The van der Waals surface area contributed by atoms with Gasteiger partial charge in [-0.3, -0.25) is 0 Å². The summed E-state index contributed by atoms with van der Waals surface area (Å²) in [5.74, 6) is 0. The second kappa shape index (κ2) is 4.55. The van der Waals surface area contributed by atoms with Gasteiger partial charge in [0, 0.05) is 5.46 Å². The predicted molar refractivity (Wildman–Crippen MR) is 62.7 cm³/mol. The minimum atomic E-state index is -4.46. The monoisotopic (exact) mass is 269 g/mol. The van der Waals surface area contributed by atoms with E-state index >= 15 is 0 Å². The molecule has 1 aromatic rings. The molecule has 0 aliphatic carbocycles. The summed E-state index contributed by atoms with van der Waals surface area (Å²) in [6, 6.07) is 4.77. The molecule has 100 valence electrons. The highest BCUT2D eigenvalue weighted by Gasteiger charge is 2.41. The maximum Gasteiger partial charge on any atom is 0.495 e. The Morgan fingerprint density at radius 2 is 2.05 bits per heavy atom. The van der Waals surface area contributed by atoms with Crippen LogP contribution in [0.5, 0.6) is 0 Å². The molecule has 1 aliphatic rings. The number of halogens is 3. The molecular formula is C12H11BF3NO2. The largest absolute Gasteiger partial charge is 0.495 e. The van der Waals surface area contributed by atoms with Crippen LogP contribution < -0.4 is 5.46 Å². The highest BCUT2D eigenvalue weighted by atomic mass is 19.4. The summed E-state index contributed by atoms with van der Waals surface area (Å²) in [5, 5.41) is 8.96. The van der Waals surface area contributed by atoms with Gasteiger partial charge in [0.1, 0.15) is 0 Å². The lowest BCUT2D eigenvalue weighted by molar-refractivity contribution is -0.137. The lowest BCUT2D eigenvalue weighted by Gasteiger charge is -2.16. The fourth-order valence-electron chi connectivity index (χ4n) is 1.82. The molecule has 2 rings (SSSR count). The summed E-state index contributed by atoms with van der Waals surface area (Å²) in [5.41, 5.74) is -1.16. The first-order valence-electron chi connectivity index (χ1n) is 5.64. The van der Waals surface area contributed by atoms with E-state index in [1.165, 1.54) is 0 Å². The highest BCUT2D eigenvalue weighted by Crippen LogP contribution is 2.29. The van der Waals surface area contributed by atoms with Crippen molar-refractivity contribution in [3.05, 3.63) is 29.3 Å². The molecule has 1 saturated heterocycles. The van der Waals surface area contributed by atoms with Gasteiger partial charge in [0.15, 0.2) is 0 Å². The molecule has 0 spiro atoms. The van der Waals surface area contributed by atoms with Crippen LogP contribution in [-0.2, 0) is 15.5 Å². The second-order valence-corrected chi connectivity index (χ2v) is 4.93. The third kappa shape index (κ3) is 2.91. The maximum absolute atomic E-state index is 12.7. The SMILES string of the molecule is CC1(C)COB(c2cc(C(F)(F)F)ccc2C#N)O1. The number of hydrogen-bond donors (Lipinski definition) is 0. The fourth-order valence-corrected chi connectivity index (χ4v) is 1.82. The number of hydrogen-bond acceptors (Lipinski definition) is 3. The zero-order valence-electron chi connectivity index (χ0n) is 10.4. The molecule has 0 atom stereocenters. The van der Waals surface area contributed by atoms with Gasteiger partial charge in [-0.2, -0.15) is 18.4 Å². The topological polar surface area (TPSA) is 42.2 Å². The molecule has 19 heavy (non-hydrogen) atoms. The van der Waals surface area contributed by atoms with Gasteiger partial charge in [-0.05, 0) is 32.0 Å². The van der Waals surface area contributed by atoms with E-state index in [0.29, 0.717) is 0 Å². The minimum absolute atomic E-state index is 0.114. The molecule has 0 bridgehead atoms. The Labute approximate surface area is 109 Å². The number of rotatable bonds is 1. The van der Waals surface area contributed by atoms with Crippen LogP contribution in [0.1, 0.15) is 25.0 Å². The normalized spacial score (nSPS) is 18.4. The van der Waals surface area contributed by atoms with Crippen LogP contribution in [0.25, 0.3) is 0 Å². The van der Waals surface area contributed by atoms with E-state index in [1.807, 2.05) is 6.07 Å². The average Bonchev–Trinajstić information content (AvgIpc) is 2.67. The Morgan fingerprint density at radius 1 is 1.37 bits per heavy atom. The van der Waals surface area contributed by atoms with Gasteiger partial charge in [0.25, 0.3) is 0 Å². The van der Waals surface area contributed by atoms with Crippen LogP contribution in [0.3, 0.4) is 0 Å². The van der Waals surface area contributed by atoms with Crippen molar-refractivity contribution >= 4 is 12.6 Å². The summed E-state index contributed by atoms with van der Waals surface area (Å²) in [6.07, 6.45) is -4.46. The Hall–Kier alpha value is -1.52. The number of benzene rings is 1. The second-order valence-electron chi connectivity index (χ2n) is 4.93. The molecule has 0 N–H and O–H groups in total. The molecule has 3 nitrogen and oxygen atoms in total. The molecule has 0 aromatic heterocycles.